The molecule has 0 saturated heterocycles. The third-order valence-corrected chi connectivity index (χ3v) is 2.83. The van der Waals surface area contributed by atoms with Gasteiger partial charge >= 0.3 is 0 Å². The summed E-state index contributed by atoms with van der Waals surface area (Å²) in [5.74, 6) is -0.361. The van der Waals surface area contributed by atoms with E-state index in [9.17, 15) is 4.39 Å². The van der Waals surface area contributed by atoms with Gasteiger partial charge in [-0.2, -0.15) is 5.10 Å². The molecule has 0 heterocycles. The Labute approximate surface area is 122 Å². The van der Waals surface area contributed by atoms with Crippen molar-refractivity contribution in [3.05, 3.63) is 66.0 Å². The number of para-hydroxylation sites is 1. The van der Waals surface area contributed by atoms with Gasteiger partial charge in [0.05, 0.1) is 11.4 Å². The minimum Gasteiger partial charge on any atom is -0.329 e. The molecule has 2 N–H and O–H groups in total. The van der Waals surface area contributed by atoms with Crippen LogP contribution in [0.4, 0.5) is 10.1 Å². The van der Waals surface area contributed by atoms with Gasteiger partial charge in [0.15, 0.2) is 5.11 Å². The van der Waals surface area contributed by atoms with Crippen LogP contribution in [-0.2, 0) is 0 Å². The number of hydrazone groups is 1. The minimum atomic E-state index is -0.361. The van der Waals surface area contributed by atoms with E-state index in [0.29, 0.717) is 5.69 Å². The number of halogens is 1. The number of hydrogen-bond donors (Lipinski definition) is 2. The lowest BCUT2D eigenvalue weighted by Crippen LogP contribution is -2.25. The van der Waals surface area contributed by atoms with Crippen LogP contribution in [0.2, 0.25) is 0 Å². The summed E-state index contributed by atoms with van der Waals surface area (Å²) in [5.41, 5.74) is 4.80. The topological polar surface area (TPSA) is 36.4 Å². The summed E-state index contributed by atoms with van der Waals surface area (Å²) in [4.78, 5) is 0. The number of hydrogen-bond acceptors (Lipinski definition) is 2. The number of rotatable bonds is 3. The van der Waals surface area contributed by atoms with Crippen LogP contribution < -0.4 is 10.7 Å². The highest BCUT2D eigenvalue weighted by Crippen LogP contribution is 2.11. The van der Waals surface area contributed by atoms with Crippen molar-refractivity contribution in [3.8, 4) is 0 Å². The molecule has 102 valence electrons. The second-order valence-electron chi connectivity index (χ2n) is 4.11. The Morgan fingerprint density at radius 1 is 1.05 bits per heavy atom. The molecule has 0 bridgehead atoms. The average Bonchev–Trinajstić information content (AvgIpc) is 2.48. The van der Waals surface area contributed by atoms with E-state index in [2.05, 4.69) is 15.8 Å². The van der Waals surface area contributed by atoms with Gasteiger partial charge in [-0.1, -0.05) is 42.5 Å². The van der Waals surface area contributed by atoms with Gasteiger partial charge in [0, 0.05) is 0 Å². The molecule has 0 aliphatic heterocycles. The molecule has 0 fully saturated rings. The third kappa shape index (κ3) is 3.86. The van der Waals surface area contributed by atoms with Crippen molar-refractivity contribution in [1.82, 2.24) is 5.43 Å². The first-order valence-electron chi connectivity index (χ1n) is 6.08. The Bertz CT molecular complexity index is 626. The highest BCUT2D eigenvalue weighted by Gasteiger charge is 2.02. The molecule has 0 aliphatic rings. The predicted octanol–water partition coefficient (Wildman–Crippen LogP) is 3.54. The number of benzene rings is 2. The fourth-order valence-electron chi connectivity index (χ4n) is 1.59. The molecule has 0 radical (unpaired) electrons. The SMILES string of the molecule is C/C(=N/NC(=S)Nc1ccccc1F)c1ccccc1. The molecule has 2 aromatic rings. The van der Waals surface area contributed by atoms with Crippen LogP contribution in [-0.4, -0.2) is 10.8 Å². The van der Waals surface area contributed by atoms with Gasteiger partial charge in [-0.15, -0.1) is 0 Å². The van der Waals surface area contributed by atoms with Crippen LogP contribution in [0.15, 0.2) is 59.7 Å². The Morgan fingerprint density at radius 3 is 2.40 bits per heavy atom. The van der Waals surface area contributed by atoms with Gasteiger partial charge in [-0.3, -0.25) is 5.43 Å². The fraction of sp³-hybridized carbons (Fsp3) is 0.0667. The number of nitrogens with one attached hydrogen (secondary N) is 2. The monoisotopic (exact) mass is 287 g/mol. The van der Waals surface area contributed by atoms with Crippen molar-refractivity contribution < 1.29 is 4.39 Å². The second kappa shape index (κ2) is 6.77. The second-order valence-corrected chi connectivity index (χ2v) is 4.52. The van der Waals surface area contributed by atoms with E-state index in [-0.39, 0.29) is 10.9 Å². The summed E-state index contributed by atoms with van der Waals surface area (Å²) in [5, 5.41) is 7.16. The fourth-order valence-corrected chi connectivity index (χ4v) is 1.75. The standard InChI is InChI=1S/C15H14FN3S/c1-11(12-7-3-2-4-8-12)18-19-15(20)17-14-10-6-5-9-13(14)16/h2-10H,1H3,(H2,17,19,20)/b18-11-. The number of thiocarbonyl (C=S) groups is 1. The first-order chi connectivity index (χ1) is 9.66. The van der Waals surface area contributed by atoms with Crippen LogP contribution in [0.25, 0.3) is 0 Å². The zero-order chi connectivity index (χ0) is 14.4. The first kappa shape index (κ1) is 14.1. The molecule has 0 atom stereocenters. The van der Waals surface area contributed by atoms with Crippen molar-refractivity contribution in [2.24, 2.45) is 5.10 Å². The summed E-state index contributed by atoms with van der Waals surface area (Å²) >= 11 is 5.07. The summed E-state index contributed by atoms with van der Waals surface area (Å²) in [6.45, 7) is 1.87. The molecule has 2 rings (SSSR count). The molecular weight excluding hydrogens is 273 g/mol. The van der Waals surface area contributed by atoms with Gasteiger partial charge in [0.1, 0.15) is 5.82 Å². The van der Waals surface area contributed by atoms with Crippen LogP contribution in [0.1, 0.15) is 12.5 Å². The molecule has 0 unspecified atom stereocenters. The quantitative estimate of drug-likeness (QED) is 0.515. The van der Waals surface area contributed by atoms with Crippen LogP contribution in [0.3, 0.4) is 0 Å². The molecule has 0 amide bonds. The van der Waals surface area contributed by atoms with Crippen molar-refractivity contribution in [1.29, 1.82) is 0 Å². The van der Waals surface area contributed by atoms with Gasteiger partial charge in [-0.25, -0.2) is 4.39 Å². The zero-order valence-corrected chi connectivity index (χ0v) is 11.7. The van der Waals surface area contributed by atoms with Gasteiger partial charge in [-0.05, 0) is 36.8 Å². The molecule has 20 heavy (non-hydrogen) atoms. The Hall–Kier alpha value is -2.27. The lowest BCUT2D eigenvalue weighted by molar-refractivity contribution is 0.632. The van der Waals surface area contributed by atoms with E-state index >= 15 is 0 Å². The third-order valence-electron chi connectivity index (χ3n) is 2.64. The maximum absolute atomic E-state index is 13.4. The smallest absolute Gasteiger partial charge is 0.191 e. The summed E-state index contributed by atoms with van der Waals surface area (Å²) in [7, 11) is 0. The first-order valence-corrected chi connectivity index (χ1v) is 6.49. The van der Waals surface area contributed by atoms with Crippen molar-refractivity contribution in [2.45, 2.75) is 6.92 Å². The highest BCUT2D eigenvalue weighted by atomic mass is 32.1. The largest absolute Gasteiger partial charge is 0.329 e. The van der Waals surface area contributed by atoms with Crippen molar-refractivity contribution >= 4 is 28.7 Å². The maximum atomic E-state index is 13.4. The highest BCUT2D eigenvalue weighted by molar-refractivity contribution is 7.80. The molecule has 2 aromatic carbocycles. The van der Waals surface area contributed by atoms with E-state index < -0.39 is 0 Å². The van der Waals surface area contributed by atoms with E-state index in [1.54, 1.807) is 18.2 Å². The maximum Gasteiger partial charge on any atom is 0.191 e. The van der Waals surface area contributed by atoms with Gasteiger partial charge < -0.3 is 5.32 Å². The number of anilines is 1. The Morgan fingerprint density at radius 2 is 1.70 bits per heavy atom. The number of nitrogens with zero attached hydrogens (tertiary/aromatic N) is 1. The van der Waals surface area contributed by atoms with Crippen LogP contribution >= 0.6 is 12.2 Å². The van der Waals surface area contributed by atoms with E-state index in [4.69, 9.17) is 12.2 Å². The molecular formula is C15H14FN3S. The molecule has 5 heteroatoms. The minimum absolute atomic E-state index is 0.241. The van der Waals surface area contributed by atoms with Gasteiger partial charge in [0.25, 0.3) is 0 Å². The van der Waals surface area contributed by atoms with E-state index in [1.165, 1.54) is 6.07 Å². The molecule has 3 nitrogen and oxygen atoms in total. The van der Waals surface area contributed by atoms with Crippen LogP contribution in [0, 0.1) is 5.82 Å². The molecule has 0 aromatic heterocycles. The molecule has 0 spiro atoms. The van der Waals surface area contributed by atoms with E-state index in [1.807, 2.05) is 37.3 Å². The summed E-state index contributed by atoms with van der Waals surface area (Å²) in [6.07, 6.45) is 0. The average molecular weight is 287 g/mol. The van der Waals surface area contributed by atoms with E-state index in [0.717, 1.165) is 11.3 Å². The molecule has 0 saturated carbocycles. The normalized spacial score (nSPS) is 11.0. The van der Waals surface area contributed by atoms with Gasteiger partial charge in [0.2, 0.25) is 0 Å². The van der Waals surface area contributed by atoms with Crippen molar-refractivity contribution in [2.75, 3.05) is 5.32 Å². The lowest BCUT2D eigenvalue weighted by atomic mass is 10.1. The summed E-state index contributed by atoms with van der Waals surface area (Å²) < 4.78 is 13.4. The lowest BCUT2D eigenvalue weighted by Gasteiger charge is -2.08. The Balaban J connectivity index is 1.97. The summed E-state index contributed by atoms with van der Waals surface area (Å²) in [6, 6.07) is 16.0. The van der Waals surface area contributed by atoms with Crippen LogP contribution in [0.5, 0.6) is 0 Å². The van der Waals surface area contributed by atoms with Crippen molar-refractivity contribution in [3.63, 3.8) is 0 Å². The molecule has 0 aliphatic carbocycles. The Kier molecular flexibility index (Phi) is 4.79. The zero-order valence-electron chi connectivity index (χ0n) is 10.9. The predicted molar refractivity (Wildman–Crippen MR) is 84.4 cm³/mol.